The summed E-state index contributed by atoms with van der Waals surface area (Å²) < 4.78 is 14.9. The van der Waals surface area contributed by atoms with Crippen molar-refractivity contribution in [2.24, 2.45) is 0 Å². The Kier molecular flexibility index (Phi) is 2.47. The molecule has 0 unspecified atom stereocenters. The minimum absolute atomic E-state index is 0.171. The molecule has 2 heterocycles. The lowest BCUT2D eigenvalue weighted by Crippen LogP contribution is -2.00. The molecule has 0 aliphatic carbocycles. The van der Waals surface area contributed by atoms with E-state index in [1.54, 1.807) is 13.0 Å². The second kappa shape index (κ2) is 3.80. The highest BCUT2D eigenvalue weighted by molar-refractivity contribution is 5.84. The third kappa shape index (κ3) is 1.69. The van der Waals surface area contributed by atoms with Crippen LogP contribution in [0.4, 0.5) is 0 Å². The van der Waals surface area contributed by atoms with Crippen LogP contribution in [0, 0.1) is 13.8 Å². The van der Waals surface area contributed by atoms with Gasteiger partial charge in [-0.1, -0.05) is 0 Å². The molecule has 2 aromatic rings. The molecule has 6 nitrogen and oxygen atoms in total. The van der Waals surface area contributed by atoms with E-state index < -0.39 is 5.97 Å². The number of methoxy groups -OCH3 is 1. The first-order valence-corrected chi connectivity index (χ1v) is 4.61. The molecule has 84 valence electrons. The Bertz CT molecular complexity index is 527. The fourth-order valence-corrected chi connectivity index (χ4v) is 1.35. The zero-order valence-electron chi connectivity index (χ0n) is 9.10. The Morgan fingerprint density at radius 3 is 2.62 bits per heavy atom. The second-order valence-corrected chi connectivity index (χ2v) is 3.23. The quantitative estimate of drug-likeness (QED) is 0.720. The van der Waals surface area contributed by atoms with Gasteiger partial charge in [-0.2, -0.15) is 0 Å². The summed E-state index contributed by atoms with van der Waals surface area (Å²) in [4.78, 5) is 11.1. The Hall–Kier alpha value is -2.11. The number of furan rings is 1. The molecule has 16 heavy (non-hydrogen) atoms. The van der Waals surface area contributed by atoms with E-state index >= 15 is 0 Å². The predicted molar refractivity (Wildman–Crippen MR) is 52.8 cm³/mol. The van der Waals surface area contributed by atoms with Gasteiger partial charge in [0.2, 0.25) is 0 Å². The topological polar surface area (TPSA) is 78.4 Å². The summed E-state index contributed by atoms with van der Waals surface area (Å²) in [5, 5.41) is 7.33. The Labute approximate surface area is 91.2 Å². The minimum Gasteiger partial charge on any atom is -0.466 e. The van der Waals surface area contributed by atoms with Gasteiger partial charge in [-0.25, -0.2) is 4.79 Å². The summed E-state index contributed by atoms with van der Waals surface area (Å²) in [5.74, 6) is 0.824. The molecule has 0 saturated carbocycles. The monoisotopic (exact) mass is 222 g/mol. The molecule has 0 radical (unpaired) electrons. The average molecular weight is 222 g/mol. The van der Waals surface area contributed by atoms with Crippen LogP contribution in [0.3, 0.4) is 0 Å². The SMILES string of the molecule is COC(=O)c1nnc(-c2cc(C)oc2C)o1. The Balaban J connectivity index is 2.38. The van der Waals surface area contributed by atoms with E-state index in [2.05, 4.69) is 14.9 Å². The van der Waals surface area contributed by atoms with E-state index in [-0.39, 0.29) is 11.8 Å². The van der Waals surface area contributed by atoms with Crippen LogP contribution < -0.4 is 0 Å². The largest absolute Gasteiger partial charge is 0.466 e. The van der Waals surface area contributed by atoms with Crippen LogP contribution in [-0.2, 0) is 4.74 Å². The van der Waals surface area contributed by atoms with E-state index in [1.807, 2.05) is 6.92 Å². The number of aromatic nitrogens is 2. The highest BCUT2D eigenvalue weighted by Gasteiger charge is 2.18. The number of hydrogen-bond acceptors (Lipinski definition) is 6. The maximum absolute atomic E-state index is 11.1. The van der Waals surface area contributed by atoms with Crippen molar-refractivity contribution in [3.05, 3.63) is 23.5 Å². The number of aryl methyl sites for hydroxylation is 2. The molecule has 0 bridgehead atoms. The molecule has 0 aromatic carbocycles. The number of carbonyl (C=O) groups is 1. The van der Waals surface area contributed by atoms with Gasteiger partial charge in [-0.15, -0.1) is 10.2 Å². The second-order valence-electron chi connectivity index (χ2n) is 3.23. The molecule has 0 fully saturated rings. The summed E-state index contributed by atoms with van der Waals surface area (Å²) in [6.07, 6.45) is 0. The van der Waals surface area contributed by atoms with Gasteiger partial charge in [0.15, 0.2) is 0 Å². The van der Waals surface area contributed by atoms with Crippen LogP contribution >= 0.6 is 0 Å². The van der Waals surface area contributed by atoms with Crippen molar-refractivity contribution >= 4 is 5.97 Å². The van der Waals surface area contributed by atoms with Gasteiger partial charge in [0.1, 0.15) is 11.5 Å². The standard InChI is InChI=1S/C10H10N2O4/c1-5-4-7(6(2)15-5)8-11-12-9(16-8)10(13)14-3/h4H,1-3H3. The van der Waals surface area contributed by atoms with Crippen molar-refractivity contribution in [1.82, 2.24) is 10.2 Å². The van der Waals surface area contributed by atoms with Crippen LogP contribution in [0.5, 0.6) is 0 Å². The number of hydrogen-bond donors (Lipinski definition) is 0. The summed E-state index contributed by atoms with van der Waals surface area (Å²) >= 11 is 0. The van der Waals surface area contributed by atoms with Gasteiger partial charge in [0, 0.05) is 0 Å². The van der Waals surface area contributed by atoms with Crippen LogP contribution in [0.25, 0.3) is 11.5 Å². The third-order valence-electron chi connectivity index (χ3n) is 2.06. The summed E-state index contributed by atoms with van der Waals surface area (Å²) in [6.45, 7) is 3.60. The van der Waals surface area contributed by atoms with Crippen LogP contribution in [0.2, 0.25) is 0 Å². The normalized spacial score (nSPS) is 10.4. The maximum atomic E-state index is 11.1. The lowest BCUT2D eigenvalue weighted by Gasteiger charge is -1.90. The van der Waals surface area contributed by atoms with Gasteiger partial charge in [0.25, 0.3) is 5.89 Å². The van der Waals surface area contributed by atoms with Gasteiger partial charge >= 0.3 is 11.9 Å². The zero-order chi connectivity index (χ0) is 11.7. The maximum Gasteiger partial charge on any atom is 0.396 e. The lowest BCUT2D eigenvalue weighted by atomic mass is 10.2. The van der Waals surface area contributed by atoms with Gasteiger partial charge in [0.05, 0.1) is 12.7 Å². The summed E-state index contributed by atoms with van der Waals surface area (Å²) in [7, 11) is 1.25. The molecule has 0 N–H and O–H groups in total. The fraction of sp³-hybridized carbons (Fsp3) is 0.300. The van der Waals surface area contributed by atoms with Crippen molar-refractivity contribution in [3.63, 3.8) is 0 Å². The molecule has 2 rings (SSSR count). The molecule has 0 amide bonds. The van der Waals surface area contributed by atoms with Crippen LogP contribution in [0.1, 0.15) is 22.2 Å². The van der Waals surface area contributed by atoms with E-state index in [0.717, 1.165) is 5.76 Å². The van der Waals surface area contributed by atoms with Crippen molar-refractivity contribution in [2.45, 2.75) is 13.8 Å². The van der Waals surface area contributed by atoms with Crippen molar-refractivity contribution in [2.75, 3.05) is 7.11 Å². The number of rotatable bonds is 2. The Morgan fingerprint density at radius 2 is 2.06 bits per heavy atom. The highest BCUT2D eigenvalue weighted by atomic mass is 16.5. The average Bonchev–Trinajstić information content (AvgIpc) is 2.83. The van der Waals surface area contributed by atoms with E-state index in [0.29, 0.717) is 11.3 Å². The fourth-order valence-electron chi connectivity index (χ4n) is 1.35. The Morgan fingerprint density at radius 1 is 1.31 bits per heavy atom. The molecule has 6 heteroatoms. The van der Waals surface area contributed by atoms with E-state index in [9.17, 15) is 4.79 Å². The van der Waals surface area contributed by atoms with E-state index in [4.69, 9.17) is 8.83 Å². The van der Waals surface area contributed by atoms with Crippen LogP contribution in [-0.4, -0.2) is 23.3 Å². The molecular weight excluding hydrogens is 212 g/mol. The molecule has 2 aromatic heterocycles. The number of ether oxygens (including phenoxy) is 1. The molecule has 0 aliphatic heterocycles. The summed E-state index contributed by atoms with van der Waals surface area (Å²) in [6, 6.07) is 1.77. The number of esters is 1. The van der Waals surface area contributed by atoms with Gasteiger partial charge in [-0.05, 0) is 19.9 Å². The first-order chi connectivity index (χ1) is 7.61. The van der Waals surface area contributed by atoms with Crippen molar-refractivity contribution in [3.8, 4) is 11.5 Å². The smallest absolute Gasteiger partial charge is 0.396 e. The first-order valence-electron chi connectivity index (χ1n) is 4.61. The predicted octanol–water partition coefficient (Wildman–Crippen LogP) is 1.73. The molecule has 0 atom stereocenters. The highest BCUT2D eigenvalue weighted by Crippen LogP contribution is 2.25. The van der Waals surface area contributed by atoms with E-state index in [1.165, 1.54) is 7.11 Å². The molecule has 0 saturated heterocycles. The lowest BCUT2D eigenvalue weighted by molar-refractivity contribution is 0.0556. The molecule has 0 aliphatic rings. The van der Waals surface area contributed by atoms with Gasteiger partial charge in [-0.3, -0.25) is 0 Å². The number of nitrogens with zero attached hydrogens (tertiary/aromatic N) is 2. The zero-order valence-corrected chi connectivity index (χ0v) is 9.10. The van der Waals surface area contributed by atoms with Crippen LogP contribution in [0.15, 0.2) is 14.9 Å². The summed E-state index contributed by atoms with van der Waals surface area (Å²) in [5.41, 5.74) is 0.681. The minimum atomic E-state index is -0.656. The first kappa shape index (κ1) is 10.4. The van der Waals surface area contributed by atoms with Crippen molar-refractivity contribution in [1.29, 1.82) is 0 Å². The molecular formula is C10H10N2O4. The molecule has 0 spiro atoms. The number of carbonyl (C=O) groups excluding carboxylic acids is 1. The third-order valence-corrected chi connectivity index (χ3v) is 2.06. The van der Waals surface area contributed by atoms with Crippen molar-refractivity contribution < 1.29 is 18.4 Å². The van der Waals surface area contributed by atoms with Gasteiger partial charge < -0.3 is 13.6 Å².